The van der Waals surface area contributed by atoms with E-state index in [0.29, 0.717) is 6.54 Å². The number of likely N-dealkylation sites (N-methyl/N-ethyl adjacent to an activating group) is 1. The standard InChI is InChI=1S/C18H21ClFN3O3S/c1-22(2)27(25,26)15-7-8-16(19)17(10-15)21-18(24)12-23(3)11-13-5-4-6-14(20)9-13/h4-10H,11-12H2,1-3H3,(H,21,24)/p+1. The fourth-order valence-electron chi connectivity index (χ4n) is 2.50. The fraction of sp³-hybridized carbons (Fsp3) is 0.278. The van der Waals surface area contributed by atoms with Gasteiger partial charge in [-0.05, 0) is 30.3 Å². The third-order valence-electron chi connectivity index (χ3n) is 3.85. The Morgan fingerprint density at radius 3 is 2.56 bits per heavy atom. The number of carbonyl (C=O) groups is 1. The number of quaternary nitrogens is 1. The van der Waals surface area contributed by atoms with Crippen molar-refractivity contribution in [2.75, 3.05) is 33.0 Å². The van der Waals surface area contributed by atoms with Gasteiger partial charge in [0.1, 0.15) is 12.4 Å². The van der Waals surface area contributed by atoms with Crippen molar-refractivity contribution in [3.63, 3.8) is 0 Å². The number of rotatable bonds is 7. The van der Waals surface area contributed by atoms with Crippen LogP contribution in [0.1, 0.15) is 5.56 Å². The molecule has 0 fully saturated rings. The summed E-state index contributed by atoms with van der Waals surface area (Å²) in [5.41, 5.74) is 1.00. The van der Waals surface area contributed by atoms with E-state index in [1.54, 1.807) is 19.2 Å². The molecule has 0 radical (unpaired) electrons. The Bertz CT molecular complexity index is 935. The Balaban J connectivity index is 2.07. The van der Waals surface area contributed by atoms with E-state index in [1.165, 1.54) is 44.4 Å². The molecular formula is C18H22ClFN3O3S+. The van der Waals surface area contributed by atoms with Gasteiger partial charge in [0.2, 0.25) is 10.0 Å². The average Bonchev–Trinajstić information content (AvgIpc) is 2.56. The second kappa shape index (κ2) is 8.79. The number of nitrogens with one attached hydrogen (secondary N) is 2. The lowest BCUT2D eigenvalue weighted by Gasteiger charge is -2.16. The molecule has 9 heteroatoms. The summed E-state index contributed by atoms with van der Waals surface area (Å²) in [7, 11) is 1.01. The van der Waals surface area contributed by atoms with Crippen molar-refractivity contribution in [3.05, 3.63) is 58.9 Å². The molecule has 2 aromatic rings. The number of nitrogens with zero attached hydrogens (tertiary/aromatic N) is 1. The van der Waals surface area contributed by atoms with E-state index in [0.717, 1.165) is 14.8 Å². The highest BCUT2D eigenvalue weighted by molar-refractivity contribution is 7.89. The minimum atomic E-state index is -3.64. The van der Waals surface area contributed by atoms with Crippen LogP contribution in [0.2, 0.25) is 5.02 Å². The molecule has 2 N–H and O–H groups in total. The summed E-state index contributed by atoms with van der Waals surface area (Å²) in [5, 5.41) is 2.88. The summed E-state index contributed by atoms with van der Waals surface area (Å²) in [6, 6.07) is 10.3. The van der Waals surface area contributed by atoms with Crippen LogP contribution in [0.4, 0.5) is 10.1 Å². The molecule has 0 saturated carbocycles. The lowest BCUT2D eigenvalue weighted by molar-refractivity contribution is -0.885. The van der Waals surface area contributed by atoms with Crippen molar-refractivity contribution in [1.29, 1.82) is 0 Å². The zero-order chi connectivity index (χ0) is 20.2. The Kier molecular flexibility index (Phi) is 6.94. The molecule has 0 saturated heterocycles. The maximum Gasteiger partial charge on any atom is 0.279 e. The molecule has 0 heterocycles. The van der Waals surface area contributed by atoms with Crippen molar-refractivity contribution >= 4 is 33.2 Å². The zero-order valence-electron chi connectivity index (χ0n) is 15.3. The predicted octanol–water partition coefficient (Wildman–Crippen LogP) is 1.38. The molecule has 2 aromatic carbocycles. The molecule has 27 heavy (non-hydrogen) atoms. The number of anilines is 1. The van der Waals surface area contributed by atoms with Crippen LogP contribution in [0.15, 0.2) is 47.4 Å². The maximum absolute atomic E-state index is 13.2. The van der Waals surface area contributed by atoms with E-state index in [4.69, 9.17) is 11.6 Å². The lowest BCUT2D eigenvalue weighted by atomic mass is 10.2. The smallest absolute Gasteiger partial charge is 0.279 e. The molecule has 0 aliphatic rings. The van der Waals surface area contributed by atoms with Gasteiger partial charge in [0.25, 0.3) is 5.91 Å². The maximum atomic E-state index is 13.2. The number of halogens is 2. The van der Waals surface area contributed by atoms with Crippen molar-refractivity contribution in [1.82, 2.24) is 4.31 Å². The first-order valence-corrected chi connectivity index (χ1v) is 9.99. The second-order valence-corrected chi connectivity index (χ2v) is 8.98. The van der Waals surface area contributed by atoms with Crippen molar-refractivity contribution < 1.29 is 22.5 Å². The normalized spacial score (nSPS) is 12.8. The number of hydrogen-bond acceptors (Lipinski definition) is 3. The average molecular weight is 415 g/mol. The molecule has 1 amide bonds. The number of amides is 1. The fourth-order valence-corrected chi connectivity index (χ4v) is 3.59. The molecule has 0 aromatic heterocycles. The van der Waals surface area contributed by atoms with Gasteiger partial charge in [0, 0.05) is 19.7 Å². The highest BCUT2D eigenvalue weighted by Crippen LogP contribution is 2.26. The van der Waals surface area contributed by atoms with Crippen molar-refractivity contribution in [3.8, 4) is 0 Å². The lowest BCUT2D eigenvalue weighted by Crippen LogP contribution is -3.08. The van der Waals surface area contributed by atoms with Gasteiger partial charge in [-0.15, -0.1) is 0 Å². The Morgan fingerprint density at radius 2 is 1.93 bits per heavy atom. The quantitative estimate of drug-likeness (QED) is 0.719. The number of sulfonamides is 1. The molecule has 0 aliphatic carbocycles. The van der Waals surface area contributed by atoms with Gasteiger partial charge in [-0.25, -0.2) is 17.1 Å². The van der Waals surface area contributed by atoms with Crippen LogP contribution < -0.4 is 10.2 Å². The first-order valence-electron chi connectivity index (χ1n) is 8.17. The van der Waals surface area contributed by atoms with Crippen LogP contribution in [-0.4, -0.2) is 46.3 Å². The van der Waals surface area contributed by atoms with Gasteiger partial charge in [-0.1, -0.05) is 23.7 Å². The summed E-state index contributed by atoms with van der Waals surface area (Å²) in [6.45, 7) is 0.575. The van der Waals surface area contributed by atoms with Gasteiger partial charge < -0.3 is 10.2 Å². The van der Waals surface area contributed by atoms with Crippen LogP contribution in [0.25, 0.3) is 0 Å². The molecule has 146 valence electrons. The van der Waals surface area contributed by atoms with Crippen LogP contribution in [-0.2, 0) is 21.4 Å². The van der Waals surface area contributed by atoms with Crippen LogP contribution >= 0.6 is 11.6 Å². The highest BCUT2D eigenvalue weighted by Gasteiger charge is 2.20. The predicted molar refractivity (Wildman–Crippen MR) is 103 cm³/mol. The second-order valence-electron chi connectivity index (χ2n) is 6.42. The summed E-state index contributed by atoms with van der Waals surface area (Å²) in [4.78, 5) is 13.2. The zero-order valence-corrected chi connectivity index (χ0v) is 16.9. The van der Waals surface area contributed by atoms with E-state index in [1.807, 2.05) is 0 Å². The van der Waals surface area contributed by atoms with E-state index < -0.39 is 10.0 Å². The largest absolute Gasteiger partial charge is 0.326 e. The van der Waals surface area contributed by atoms with Crippen LogP contribution in [0.3, 0.4) is 0 Å². The molecular weight excluding hydrogens is 393 g/mol. The van der Waals surface area contributed by atoms with E-state index >= 15 is 0 Å². The summed E-state index contributed by atoms with van der Waals surface area (Å²) in [6.07, 6.45) is 0. The first kappa shape index (κ1) is 21.3. The third kappa shape index (κ3) is 5.74. The molecule has 0 aliphatic heterocycles. The van der Waals surface area contributed by atoms with Gasteiger partial charge >= 0.3 is 0 Å². The Morgan fingerprint density at radius 1 is 1.22 bits per heavy atom. The number of hydrogen-bond donors (Lipinski definition) is 2. The Hall–Kier alpha value is -2.00. The molecule has 1 atom stereocenters. The number of benzene rings is 2. The van der Waals surface area contributed by atoms with Crippen LogP contribution in [0.5, 0.6) is 0 Å². The van der Waals surface area contributed by atoms with Gasteiger partial charge in [-0.2, -0.15) is 0 Å². The summed E-state index contributed by atoms with van der Waals surface area (Å²) >= 11 is 6.08. The molecule has 1 unspecified atom stereocenters. The third-order valence-corrected chi connectivity index (χ3v) is 5.99. The van der Waals surface area contributed by atoms with Crippen molar-refractivity contribution in [2.45, 2.75) is 11.4 Å². The van der Waals surface area contributed by atoms with E-state index in [-0.39, 0.29) is 33.9 Å². The summed E-state index contributed by atoms with van der Waals surface area (Å²) < 4.78 is 38.8. The number of carbonyl (C=O) groups excluding carboxylic acids is 1. The minimum Gasteiger partial charge on any atom is -0.326 e. The Labute approximate surface area is 163 Å². The van der Waals surface area contributed by atoms with Crippen LogP contribution in [0, 0.1) is 5.82 Å². The van der Waals surface area contributed by atoms with Crippen molar-refractivity contribution in [2.24, 2.45) is 0 Å². The van der Waals surface area contributed by atoms with Gasteiger partial charge in [0.15, 0.2) is 6.54 Å². The molecule has 0 bridgehead atoms. The SMILES string of the molecule is CN(C)S(=O)(=O)c1ccc(Cl)c(NC(=O)C[NH+](C)Cc2cccc(F)c2)c1. The molecule has 6 nitrogen and oxygen atoms in total. The van der Waals surface area contributed by atoms with Gasteiger partial charge in [-0.3, -0.25) is 4.79 Å². The van der Waals surface area contributed by atoms with E-state index in [9.17, 15) is 17.6 Å². The summed E-state index contributed by atoms with van der Waals surface area (Å²) in [5.74, 6) is -0.652. The monoisotopic (exact) mass is 414 g/mol. The van der Waals surface area contributed by atoms with Gasteiger partial charge in [0.05, 0.1) is 22.7 Å². The minimum absolute atomic E-state index is 0.0349. The molecule has 2 rings (SSSR count). The molecule has 0 spiro atoms. The topological polar surface area (TPSA) is 70.9 Å². The highest BCUT2D eigenvalue weighted by atomic mass is 35.5. The van der Waals surface area contributed by atoms with E-state index in [2.05, 4.69) is 5.32 Å². The first-order chi connectivity index (χ1) is 12.6.